The number of halogens is 5. The van der Waals surface area contributed by atoms with E-state index in [2.05, 4.69) is 10.0 Å². The van der Waals surface area contributed by atoms with Crippen molar-refractivity contribution in [2.45, 2.75) is 36.9 Å². The van der Waals surface area contributed by atoms with Crippen molar-refractivity contribution in [3.8, 4) is 5.69 Å². The van der Waals surface area contributed by atoms with Crippen molar-refractivity contribution < 1.29 is 35.9 Å². The lowest BCUT2D eigenvalue weighted by Gasteiger charge is -2.21. The van der Waals surface area contributed by atoms with Gasteiger partial charge in [-0.15, -0.1) is 0 Å². The van der Waals surface area contributed by atoms with Crippen LogP contribution in [0.2, 0.25) is 0 Å². The Hall–Kier alpha value is -4.98. The molecule has 5 aromatic rings. The Labute approximate surface area is 293 Å². The molecule has 0 saturated heterocycles. The number of sulfonamides is 1. The number of aliphatic carboxylic acids is 1. The Balaban J connectivity index is 0.000000630. The number of pyridine rings is 1. The molecule has 1 aliphatic rings. The molecule has 0 spiro atoms. The van der Waals surface area contributed by atoms with Crippen molar-refractivity contribution in [2.24, 2.45) is 7.05 Å². The van der Waals surface area contributed by atoms with E-state index in [0.29, 0.717) is 16.4 Å². The Kier molecular flexibility index (Phi) is 9.97. The number of anilines is 3. The summed E-state index contributed by atoms with van der Waals surface area (Å²) in [6.45, 7) is 1.51. The van der Waals surface area contributed by atoms with Crippen LogP contribution < -0.4 is 26.8 Å². The SMILES string of the molecule is Cc1c(=O)n(C)c(Nc2ccc(I)cc2F)c2c(=O)n(C3CC3)c(=O)n(-c3cccc(NS(=O)(=O)c4ccccc4)c3)c12.O=C(O)C(F)(F)F. The third-order valence-corrected chi connectivity index (χ3v) is 9.66. The Morgan fingerprint density at radius 1 is 0.960 bits per heavy atom. The molecule has 12 nitrogen and oxygen atoms in total. The highest BCUT2D eigenvalue weighted by Gasteiger charge is 2.38. The van der Waals surface area contributed by atoms with E-state index in [-0.39, 0.29) is 50.3 Å². The summed E-state index contributed by atoms with van der Waals surface area (Å²) in [4.78, 5) is 50.5. The van der Waals surface area contributed by atoms with Crippen LogP contribution in [0.15, 0.2) is 92.1 Å². The zero-order chi connectivity index (χ0) is 36.7. The van der Waals surface area contributed by atoms with Gasteiger partial charge >= 0.3 is 17.8 Å². The van der Waals surface area contributed by atoms with Gasteiger partial charge in [-0.2, -0.15) is 13.2 Å². The molecule has 2 heterocycles. The molecule has 0 atom stereocenters. The van der Waals surface area contributed by atoms with Gasteiger partial charge in [0.1, 0.15) is 17.0 Å². The number of alkyl halides is 3. The highest BCUT2D eigenvalue weighted by Crippen LogP contribution is 2.34. The second-order valence-electron chi connectivity index (χ2n) is 11.1. The maximum Gasteiger partial charge on any atom is 0.490 e. The average molecular weight is 828 g/mol. The van der Waals surface area contributed by atoms with Gasteiger partial charge in [0.05, 0.1) is 27.5 Å². The van der Waals surface area contributed by atoms with Crippen LogP contribution >= 0.6 is 22.6 Å². The highest BCUT2D eigenvalue weighted by molar-refractivity contribution is 14.1. The zero-order valence-corrected chi connectivity index (χ0v) is 28.9. The number of carbonyl (C=O) groups is 1. The summed E-state index contributed by atoms with van der Waals surface area (Å²) in [6.07, 6.45) is -3.84. The third-order valence-electron chi connectivity index (χ3n) is 7.59. The summed E-state index contributed by atoms with van der Waals surface area (Å²) in [7, 11) is -2.47. The number of hydrogen-bond donors (Lipinski definition) is 3. The smallest absolute Gasteiger partial charge is 0.475 e. The lowest BCUT2D eigenvalue weighted by Crippen LogP contribution is -2.41. The number of hydrogen-bond acceptors (Lipinski definition) is 7. The maximum atomic E-state index is 14.9. The number of nitrogens with zero attached hydrogens (tertiary/aromatic N) is 3. The molecule has 2 aromatic heterocycles. The molecule has 0 unspecified atom stereocenters. The molecule has 3 aromatic carbocycles. The third kappa shape index (κ3) is 7.30. The number of carboxylic acids is 1. The van der Waals surface area contributed by atoms with Gasteiger partial charge in [0.15, 0.2) is 0 Å². The standard InChI is InChI=1S/C30H25FIN5O5S.C2HF3O2/c1-17-26-25(27(35(2)28(17)38)33-24-14-11-18(32)15-23(24)31)29(39)37(20-12-13-20)30(40)36(26)21-8-6-7-19(16-21)34-43(41,42)22-9-4-3-5-10-22;3-2(4,5)1(6)7/h3-11,14-16,20,33-34H,12-13H2,1-2H3;(H,6,7). The molecule has 0 bridgehead atoms. The molecule has 0 amide bonds. The summed E-state index contributed by atoms with van der Waals surface area (Å²) in [5, 5.41) is 10.1. The second-order valence-corrected chi connectivity index (χ2v) is 14.0. The fraction of sp³-hybridized carbons (Fsp3) is 0.188. The zero-order valence-electron chi connectivity index (χ0n) is 26.0. The number of fused-ring (bicyclic) bond motifs is 1. The van der Waals surface area contributed by atoms with Crippen LogP contribution in [-0.2, 0) is 21.9 Å². The van der Waals surface area contributed by atoms with Crippen molar-refractivity contribution in [1.82, 2.24) is 13.7 Å². The molecular weight excluding hydrogens is 801 g/mol. The molecule has 0 radical (unpaired) electrons. The molecule has 3 N–H and O–H groups in total. The molecule has 0 aliphatic heterocycles. The van der Waals surface area contributed by atoms with Gasteiger partial charge in [0.2, 0.25) is 0 Å². The molecule has 6 rings (SSSR count). The lowest BCUT2D eigenvalue weighted by molar-refractivity contribution is -0.192. The molecular formula is C32H26F4IN5O7S. The fourth-order valence-electron chi connectivity index (χ4n) is 5.10. The van der Waals surface area contributed by atoms with Gasteiger partial charge in [-0.1, -0.05) is 24.3 Å². The molecule has 50 heavy (non-hydrogen) atoms. The number of aromatic nitrogens is 3. The van der Waals surface area contributed by atoms with Gasteiger partial charge in [0, 0.05) is 22.2 Å². The van der Waals surface area contributed by atoms with Gasteiger partial charge in [0.25, 0.3) is 21.1 Å². The Bertz CT molecular complexity index is 2440. The molecule has 262 valence electrons. The van der Waals surface area contributed by atoms with E-state index in [1.807, 2.05) is 22.6 Å². The van der Waals surface area contributed by atoms with Crippen molar-refractivity contribution in [2.75, 3.05) is 10.0 Å². The van der Waals surface area contributed by atoms with E-state index in [4.69, 9.17) is 9.90 Å². The van der Waals surface area contributed by atoms with Crippen molar-refractivity contribution in [3.05, 3.63) is 119 Å². The lowest BCUT2D eigenvalue weighted by atomic mass is 10.1. The van der Waals surface area contributed by atoms with Crippen LogP contribution in [0.25, 0.3) is 16.6 Å². The van der Waals surface area contributed by atoms with Gasteiger partial charge in [-0.05, 0) is 90.9 Å². The van der Waals surface area contributed by atoms with Gasteiger partial charge in [-0.3, -0.25) is 28.0 Å². The van der Waals surface area contributed by atoms with Crippen LogP contribution in [0.1, 0.15) is 24.4 Å². The number of rotatable bonds is 7. The Morgan fingerprint density at radius 3 is 2.18 bits per heavy atom. The highest BCUT2D eigenvalue weighted by atomic mass is 127. The first-order valence-corrected chi connectivity index (χ1v) is 17.1. The van der Waals surface area contributed by atoms with Gasteiger partial charge < -0.3 is 10.4 Å². The summed E-state index contributed by atoms with van der Waals surface area (Å²) < 4.78 is 79.5. The number of aryl methyl sites for hydroxylation is 1. The van der Waals surface area contributed by atoms with E-state index in [9.17, 15) is 40.4 Å². The van der Waals surface area contributed by atoms with Crippen LogP contribution in [0.3, 0.4) is 0 Å². The summed E-state index contributed by atoms with van der Waals surface area (Å²) >= 11 is 1.98. The minimum absolute atomic E-state index is 0.0271. The van der Waals surface area contributed by atoms with Crippen LogP contribution in [-0.4, -0.2) is 39.4 Å². The van der Waals surface area contributed by atoms with Crippen molar-refractivity contribution >= 4 is 66.7 Å². The van der Waals surface area contributed by atoms with Crippen LogP contribution in [0, 0.1) is 16.3 Å². The molecule has 1 aliphatic carbocycles. The van der Waals surface area contributed by atoms with Crippen LogP contribution in [0.4, 0.5) is 34.8 Å². The summed E-state index contributed by atoms with van der Waals surface area (Å²) in [5.41, 5.74) is -1.14. The maximum absolute atomic E-state index is 14.9. The van der Waals surface area contributed by atoms with Crippen molar-refractivity contribution in [3.63, 3.8) is 0 Å². The Morgan fingerprint density at radius 2 is 1.60 bits per heavy atom. The first kappa shape index (κ1) is 36.3. The summed E-state index contributed by atoms with van der Waals surface area (Å²) in [5.74, 6) is -3.31. The summed E-state index contributed by atoms with van der Waals surface area (Å²) in [6, 6.07) is 18.2. The molecule has 1 fully saturated rings. The van der Waals surface area contributed by atoms with Crippen molar-refractivity contribution in [1.29, 1.82) is 0 Å². The van der Waals surface area contributed by atoms with E-state index in [1.54, 1.807) is 36.4 Å². The first-order chi connectivity index (χ1) is 23.4. The monoisotopic (exact) mass is 827 g/mol. The predicted molar refractivity (Wildman–Crippen MR) is 185 cm³/mol. The minimum Gasteiger partial charge on any atom is -0.475 e. The fourth-order valence-corrected chi connectivity index (χ4v) is 6.62. The van der Waals surface area contributed by atoms with E-state index < -0.39 is 44.8 Å². The largest absolute Gasteiger partial charge is 0.490 e. The van der Waals surface area contributed by atoms with E-state index in [1.165, 1.54) is 59.5 Å². The second kappa shape index (κ2) is 13.7. The van der Waals surface area contributed by atoms with Crippen LogP contribution in [0.5, 0.6) is 0 Å². The predicted octanol–water partition coefficient (Wildman–Crippen LogP) is 5.42. The molecule has 1 saturated carbocycles. The topological polar surface area (TPSA) is 161 Å². The number of carboxylic acid groups (broad SMARTS) is 1. The number of benzene rings is 3. The van der Waals surface area contributed by atoms with Gasteiger partial charge in [-0.25, -0.2) is 22.4 Å². The first-order valence-electron chi connectivity index (χ1n) is 14.5. The van der Waals surface area contributed by atoms with E-state index in [0.717, 1.165) is 4.57 Å². The number of nitrogens with one attached hydrogen (secondary N) is 2. The van der Waals surface area contributed by atoms with E-state index >= 15 is 0 Å². The quantitative estimate of drug-likeness (QED) is 0.145. The average Bonchev–Trinajstić information content (AvgIpc) is 3.88. The normalized spacial score (nSPS) is 13.0. The minimum atomic E-state index is -5.08. The molecule has 18 heteroatoms.